The van der Waals surface area contributed by atoms with Crippen molar-refractivity contribution in [2.24, 2.45) is 5.92 Å². The number of carbonyl (C=O) groups excluding carboxylic acids is 2. The van der Waals surface area contributed by atoms with Gasteiger partial charge in [0.25, 0.3) is 0 Å². The molecule has 3 N–H and O–H groups in total. The van der Waals surface area contributed by atoms with Crippen molar-refractivity contribution in [3.8, 4) is 16.3 Å². The van der Waals surface area contributed by atoms with E-state index in [1.165, 1.54) is 11.3 Å². The first-order valence-corrected chi connectivity index (χ1v) is 11.2. The standard InChI is InChI=1S/C21H21Cl2N5O3S/c1-11(2)16(24-20(30)25-17-14(22)5-4-6-15(17)23)18(29)26-21-28-27-19(32-21)12-7-9-13(31-3)10-8-12/h4-11,16H,1-3H3,(H2,24,25,30)(H,26,28,29). The van der Waals surface area contributed by atoms with Crippen LogP contribution in [0.4, 0.5) is 15.6 Å². The molecule has 3 amide bonds. The number of amides is 3. The first-order valence-electron chi connectivity index (χ1n) is 9.58. The van der Waals surface area contributed by atoms with E-state index in [2.05, 4.69) is 26.1 Å². The minimum atomic E-state index is -0.829. The summed E-state index contributed by atoms with van der Waals surface area (Å²) in [6, 6.07) is 10.8. The fourth-order valence-corrected chi connectivity index (χ4v) is 3.99. The average Bonchev–Trinajstić information content (AvgIpc) is 3.23. The molecule has 1 heterocycles. The first-order chi connectivity index (χ1) is 15.3. The van der Waals surface area contributed by atoms with Crippen LogP contribution in [0.5, 0.6) is 5.75 Å². The summed E-state index contributed by atoms with van der Waals surface area (Å²) in [6.07, 6.45) is 0. The Balaban J connectivity index is 1.66. The maximum absolute atomic E-state index is 12.8. The van der Waals surface area contributed by atoms with Crippen LogP contribution in [0.25, 0.3) is 10.6 Å². The number of methoxy groups -OCH3 is 1. The highest BCUT2D eigenvalue weighted by atomic mass is 35.5. The highest BCUT2D eigenvalue weighted by Gasteiger charge is 2.26. The Morgan fingerprint density at radius 2 is 1.66 bits per heavy atom. The zero-order valence-electron chi connectivity index (χ0n) is 17.5. The van der Waals surface area contributed by atoms with Gasteiger partial charge in [0.15, 0.2) is 0 Å². The highest BCUT2D eigenvalue weighted by Crippen LogP contribution is 2.30. The molecule has 0 saturated heterocycles. The van der Waals surface area contributed by atoms with Crippen LogP contribution in [0.1, 0.15) is 13.8 Å². The number of para-hydroxylation sites is 1. The Morgan fingerprint density at radius 1 is 1.00 bits per heavy atom. The van der Waals surface area contributed by atoms with Gasteiger partial charge in [-0.05, 0) is 42.3 Å². The molecule has 32 heavy (non-hydrogen) atoms. The van der Waals surface area contributed by atoms with Gasteiger partial charge in [-0.25, -0.2) is 4.79 Å². The minimum absolute atomic E-state index is 0.198. The number of nitrogens with one attached hydrogen (secondary N) is 3. The monoisotopic (exact) mass is 493 g/mol. The molecule has 3 rings (SSSR count). The van der Waals surface area contributed by atoms with Gasteiger partial charge >= 0.3 is 6.03 Å². The van der Waals surface area contributed by atoms with E-state index in [9.17, 15) is 9.59 Å². The molecule has 0 aliphatic heterocycles. The second kappa shape index (κ2) is 10.6. The van der Waals surface area contributed by atoms with Gasteiger partial charge < -0.3 is 15.4 Å². The molecule has 0 aliphatic rings. The van der Waals surface area contributed by atoms with Gasteiger partial charge in [-0.1, -0.05) is 54.5 Å². The highest BCUT2D eigenvalue weighted by molar-refractivity contribution is 7.18. The molecule has 1 unspecified atom stereocenters. The van der Waals surface area contributed by atoms with Crippen molar-refractivity contribution >= 4 is 57.3 Å². The fourth-order valence-electron chi connectivity index (χ4n) is 2.75. The van der Waals surface area contributed by atoms with Crippen LogP contribution in [-0.4, -0.2) is 35.3 Å². The average molecular weight is 494 g/mol. The molecule has 0 aliphatic carbocycles. The summed E-state index contributed by atoms with van der Waals surface area (Å²) in [6.45, 7) is 3.63. The number of rotatable bonds is 7. The molecular weight excluding hydrogens is 473 g/mol. The molecule has 1 atom stereocenters. The molecule has 8 nitrogen and oxygen atoms in total. The molecule has 0 bridgehead atoms. The van der Waals surface area contributed by atoms with Gasteiger partial charge in [0.1, 0.15) is 16.8 Å². The molecule has 0 radical (unpaired) electrons. The summed E-state index contributed by atoms with van der Waals surface area (Å²) in [4.78, 5) is 25.3. The van der Waals surface area contributed by atoms with Crippen LogP contribution >= 0.6 is 34.5 Å². The second-order valence-corrected chi connectivity index (χ2v) is 8.84. The lowest BCUT2D eigenvalue weighted by atomic mass is 10.0. The Bertz CT molecular complexity index is 1080. The number of nitrogens with zero attached hydrogens (tertiary/aromatic N) is 2. The Hall–Kier alpha value is -2.88. The van der Waals surface area contributed by atoms with E-state index in [1.54, 1.807) is 25.3 Å². The maximum Gasteiger partial charge on any atom is 0.319 e. The lowest BCUT2D eigenvalue weighted by Gasteiger charge is -2.21. The quantitative estimate of drug-likeness (QED) is 0.413. The maximum atomic E-state index is 12.8. The number of ether oxygens (including phenoxy) is 1. The third-order valence-corrected chi connectivity index (χ3v) is 5.95. The SMILES string of the molecule is COc1ccc(-c2nnc(NC(=O)C(NC(=O)Nc3c(Cl)cccc3Cl)C(C)C)s2)cc1. The van der Waals surface area contributed by atoms with Gasteiger partial charge in [0.05, 0.1) is 22.8 Å². The first kappa shape index (κ1) is 23.8. The van der Waals surface area contributed by atoms with Gasteiger partial charge in [-0.2, -0.15) is 0 Å². The normalized spacial score (nSPS) is 11.7. The van der Waals surface area contributed by atoms with Crippen LogP contribution in [0, 0.1) is 5.92 Å². The van der Waals surface area contributed by atoms with E-state index in [0.29, 0.717) is 10.1 Å². The van der Waals surface area contributed by atoms with Crippen molar-refractivity contribution in [2.45, 2.75) is 19.9 Å². The summed E-state index contributed by atoms with van der Waals surface area (Å²) in [5, 5.41) is 17.6. The molecule has 11 heteroatoms. The molecule has 0 fully saturated rings. The van der Waals surface area contributed by atoms with Crippen LogP contribution in [0.3, 0.4) is 0 Å². The summed E-state index contributed by atoms with van der Waals surface area (Å²) < 4.78 is 5.15. The Labute approximate surface area is 199 Å². The van der Waals surface area contributed by atoms with E-state index < -0.39 is 18.0 Å². The number of halogens is 2. The zero-order chi connectivity index (χ0) is 23.3. The number of benzene rings is 2. The summed E-state index contributed by atoms with van der Waals surface area (Å²) in [5.74, 6) is 0.114. The van der Waals surface area contributed by atoms with Crippen molar-refractivity contribution in [1.29, 1.82) is 0 Å². The van der Waals surface area contributed by atoms with E-state index in [0.717, 1.165) is 11.3 Å². The molecule has 2 aromatic carbocycles. The summed E-state index contributed by atoms with van der Waals surface area (Å²) >= 11 is 13.4. The summed E-state index contributed by atoms with van der Waals surface area (Å²) in [7, 11) is 1.59. The van der Waals surface area contributed by atoms with Crippen molar-refractivity contribution in [3.05, 3.63) is 52.5 Å². The number of aromatic nitrogens is 2. The number of hydrogen-bond donors (Lipinski definition) is 3. The fraction of sp³-hybridized carbons (Fsp3) is 0.238. The molecule has 0 spiro atoms. The van der Waals surface area contributed by atoms with Crippen molar-refractivity contribution < 1.29 is 14.3 Å². The predicted molar refractivity (Wildman–Crippen MR) is 128 cm³/mol. The van der Waals surface area contributed by atoms with Crippen molar-refractivity contribution in [1.82, 2.24) is 15.5 Å². The van der Waals surface area contributed by atoms with Gasteiger partial charge in [-0.15, -0.1) is 10.2 Å². The topological polar surface area (TPSA) is 105 Å². The third-order valence-electron chi connectivity index (χ3n) is 4.43. The predicted octanol–water partition coefficient (Wildman–Crippen LogP) is 5.31. The number of urea groups is 1. The number of hydrogen-bond acceptors (Lipinski definition) is 6. The minimum Gasteiger partial charge on any atom is -0.497 e. The van der Waals surface area contributed by atoms with E-state index in [-0.39, 0.29) is 21.7 Å². The van der Waals surface area contributed by atoms with E-state index in [4.69, 9.17) is 27.9 Å². The Kier molecular flexibility index (Phi) is 7.89. The smallest absolute Gasteiger partial charge is 0.319 e. The van der Waals surface area contributed by atoms with Crippen LogP contribution in [-0.2, 0) is 4.79 Å². The number of carbonyl (C=O) groups is 2. The Morgan fingerprint density at radius 3 is 2.25 bits per heavy atom. The van der Waals surface area contributed by atoms with E-state index in [1.807, 2.05) is 38.1 Å². The van der Waals surface area contributed by atoms with Gasteiger partial charge in [0, 0.05) is 5.56 Å². The zero-order valence-corrected chi connectivity index (χ0v) is 19.8. The van der Waals surface area contributed by atoms with E-state index >= 15 is 0 Å². The molecular formula is C21H21Cl2N5O3S. The lowest BCUT2D eigenvalue weighted by molar-refractivity contribution is -0.118. The van der Waals surface area contributed by atoms with Crippen LogP contribution in [0.2, 0.25) is 10.0 Å². The largest absolute Gasteiger partial charge is 0.497 e. The second-order valence-electron chi connectivity index (χ2n) is 7.05. The van der Waals surface area contributed by atoms with Crippen LogP contribution in [0.15, 0.2) is 42.5 Å². The molecule has 168 valence electrons. The molecule has 0 saturated carbocycles. The van der Waals surface area contributed by atoms with Gasteiger partial charge in [-0.3, -0.25) is 10.1 Å². The third kappa shape index (κ3) is 5.87. The van der Waals surface area contributed by atoms with Crippen molar-refractivity contribution in [3.63, 3.8) is 0 Å². The summed E-state index contributed by atoms with van der Waals surface area (Å²) in [5.41, 5.74) is 1.11. The van der Waals surface area contributed by atoms with Crippen LogP contribution < -0.4 is 20.7 Å². The molecule has 1 aromatic heterocycles. The van der Waals surface area contributed by atoms with Gasteiger partial charge in [0.2, 0.25) is 11.0 Å². The lowest BCUT2D eigenvalue weighted by Crippen LogP contribution is -2.48. The number of anilines is 2. The molecule has 3 aromatic rings. The van der Waals surface area contributed by atoms with Crippen molar-refractivity contribution in [2.75, 3.05) is 17.7 Å².